The summed E-state index contributed by atoms with van der Waals surface area (Å²) in [6.45, 7) is 2.59. The van der Waals surface area contributed by atoms with Crippen LogP contribution in [0.3, 0.4) is 0 Å². The van der Waals surface area contributed by atoms with Gasteiger partial charge < -0.3 is 46.6 Å². The molecule has 2 saturated heterocycles. The van der Waals surface area contributed by atoms with Gasteiger partial charge in [-0.25, -0.2) is 0 Å². The molecule has 238 valence electrons. The van der Waals surface area contributed by atoms with Crippen LogP contribution in [0.25, 0.3) is 0 Å². The minimum Gasteiger partial charge on any atom is -0.508 e. The lowest BCUT2D eigenvalue weighted by molar-refractivity contribution is -0.143. The molecule has 0 bridgehead atoms. The van der Waals surface area contributed by atoms with Gasteiger partial charge in [0.2, 0.25) is 17.7 Å². The van der Waals surface area contributed by atoms with E-state index in [1.165, 1.54) is 34.1 Å². The number of amides is 3. The number of phenolic OH excluding ortho intramolecular Hbond substituents is 2. The number of nitrogens with two attached hydrogens (primary N) is 1. The van der Waals surface area contributed by atoms with Crippen molar-refractivity contribution < 1.29 is 34.8 Å². The third kappa shape index (κ3) is 8.17. The minimum absolute atomic E-state index is 0.0133. The molecular weight excluding hydrogens is 568 g/mol. The molecule has 13 nitrogen and oxygen atoms in total. The zero-order valence-electron chi connectivity index (χ0n) is 24.7. The second kappa shape index (κ2) is 14.4. The summed E-state index contributed by atoms with van der Waals surface area (Å²) < 4.78 is 0. The first kappa shape index (κ1) is 32.6. The van der Waals surface area contributed by atoms with Crippen molar-refractivity contribution in [2.75, 3.05) is 13.1 Å². The van der Waals surface area contributed by atoms with Gasteiger partial charge in [-0.2, -0.15) is 0 Å². The van der Waals surface area contributed by atoms with Crippen LogP contribution in [0, 0.1) is 11.3 Å². The van der Waals surface area contributed by atoms with Crippen LogP contribution in [0.1, 0.15) is 43.7 Å². The van der Waals surface area contributed by atoms with Gasteiger partial charge in [0.15, 0.2) is 5.96 Å². The first-order valence-electron chi connectivity index (χ1n) is 14.9. The maximum absolute atomic E-state index is 14.0. The Balaban J connectivity index is 1.48. The quantitative estimate of drug-likeness (QED) is 0.136. The van der Waals surface area contributed by atoms with Crippen LogP contribution < -0.4 is 16.4 Å². The van der Waals surface area contributed by atoms with Crippen LogP contribution in [0.4, 0.5) is 0 Å². The lowest BCUT2D eigenvalue weighted by Gasteiger charge is -2.39. The summed E-state index contributed by atoms with van der Waals surface area (Å²) in [5.74, 6) is -1.82. The van der Waals surface area contributed by atoms with Crippen LogP contribution in [-0.4, -0.2) is 97.5 Å². The summed E-state index contributed by atoms with van der Waals surface area (Å²) in [6.07, 6.45) is -0.592. The fourth-order valence-corrected chi connectivity index (χ4v) is 5.84. The van der Waals surface area contributed by atoms with Crippen molar-refractivity contribution in [3.63, 3.8) is 0 Å². The van der Waals surface area contributed by atoms with Crippen LogP contribution >= 0.6 is 0 Å². The standard InChI is InChI=1S/C31H42N6O7/c1-18-15-25(27(41)34-23-3-2-14-36(29(23)43)31(32)33)37(17-18)30(44)24(16-20-6-11-22(39)12-7-20)35-28(42)26(40)13-8-19-4-9-21(38)10-5-19/h4-7,9-12,18,23-26,29,38-40,43H,2-3,8,13-17H2,1H3,(H3,32,33)(H,34,41)(H,35,42)/t18-,23-,24-,25+,26-,29+/m1/s1. The normalized spacial score (nSPS) is 23.1. The highest BCUT2D eigenvalue weighted by atomic mass is 16.3. The van der Waals surface area contributed by atoms with E-state index >= 15 is 0 Å². The molecule has 2 aliphatic rings. The van der Waals surface area contributed by atoms with E-state index in [-0.39, 0.29) is 42.8 Å². The maximum Gasteiger partial charge on any atom is 0.249 e. The molecule has 0 radical (unpaired) electrons. The summed E-state index contributed by atoms with van der Waals surface area (Å²) >= 11 is 0. The van der Waals surface area contributed by atoms with E-state index < -0.39 is 48.2 Å². The molecule has 0 spiro atoms. The number of carbonyl (C=O) groups is 3. The number of aromatic hydroxyl groups is 2. The summed E-state index contributed by atoms with van der Waals surface area (Å²) in [5.41, 5.74) is 7.06. The molecule has 2 fully saturated rings. The molecule has 2 aliphatic heterocycles. The third-order valence-electron chi connectivity index (χ3n) is 8.26. The summed E-state index contributed by atoms with van der Waals surface area (Å²) in [6, 6.07) is 10.00. The monoisotopic (exact) mass is 610 g/mol. The number of aliphatic hydroxyl groups is 2. The minimum atomic E-state index is -1.41. The van der Waals surface area contributed by atoms with Crippen LogP contribution in [0.2, 0.25) is 0 Å². The molecule has 13 heteroatoms. The van der Waals surface area contributed by atoms with Crippen molar-refractivity contribution >= 4 is 23.7 Å². The molecule has 9 N–H and O–H groups in total. The van der Waals surface area contributed by atoms with Gasteiger partial charge >= 0.3 is 0 Å². The van der Waals surface area contributed by atoms with Crippen molar-refractivity contribution in [2.45, 2.75) is 75.9 Å². The number of rotatable bonds is 10. The van der Waals surface area contributed by atoms with Crippen molar-refractivity contribution in [3.8, 4) is 11.5 Å². The second-order valence-corrected chi connectivity index (χ2v) is 11.7. The van der Waals surface area contributed by atoms with Gasteiger partial charge in [0.05, 0.1) is 6.04 Å². The zero-order chi connectivity index (χ0) is 32.0. The van der Waals surface area contributed by atoms with E-state index in [1.54, 1.807) is 24.3 Å². The number of benzene rings is 2. The van der Waals surface area contributed by atoms with Crippen LogP contribution in [0.5, 0.6) is 11.5 Å². The van der Waals surface area contributed by atoms with Crippen LogP contribution in [0.15, 0.2) is 48.5 Å². The molecule has 0 saturated carbocycles. The highest BCUT2D eigenvalue weighted by molar-refractivity contribution is 5.93. The van der Waals surface area contributed by atoms with Gasteiger partial charge in [-0.05, 0) is 73.4 Å². The average Bonchev–Trinajstić information content (AvgIpc) is 3.39. The molecule has 4 rings (SSSR count). The largest absolute Gasteiger partial charge is 0.508 e. The number of nitrogens with zero attached hydrogens (tertiary/aromatic N) is 2. The predicted octanol–water partition coefficient (Wildman–Crippen LogP) is 0.148. The number of hydrogen-bond acceptors (Lipinski definition) is 8. The summed E-state index contributed by atoms with van der Waals surface area (Å²) in [7, 11) is 0. The molecule has 44 heavy (non-hydrogen) atoms. The SMILES string of the molecule is C[C@@H]1C[C@@H](C(=O)N[C@@H]2CCCN(C(=N)N)[C@H]2O)N(C(=O)[C@@H](Cc2ccc(O)cc2)NC(=O)[C@H](O)CCc2ccc(O)cc2)C1. The maximum atomic E-state index is 14.0. The van der Waals surface area contributed by atoms with E-state index in [1.807, 2.05) is 6.92 Å². The summed E-state index contributed by atoms with van der Waals surface area (Å²) in [4.78, 5) is 43.4. The highest BCUT2D eigenvalue weighted by Gasteiger charge is 2.42. The Kier molecular flexibility index (Phi) is 10.7. The number of nitrogens with one attached hydrogen (secondary N) is 3. The molecule has 2 aromatic carbocycles. The Morgan fingerprint density at radius 2 is 1.64 bits per heavy atom. The number of hydrogen-bond donors (Lipinski definition) is 8. The van der Waals surface area contributed by atoms with Crippen molar-refractivity contribution in [3.05, 3.63) is 59.7 Å². The lowest BCUT2D eigenvalue weighted by atomic mass is 10.0. The van der Waals surface area contributed by atoms with Crippen molar-refractivity contribution in [1.82, 2.24) is 20.4 Å². The van der Waals surface area contributed by atoms with E-state index in [0.717, 1.165) is 5.56 Å². The number of carbonyl (C=O) groups excluding carboxylic acids is 3. The first-order valence-corrected chi connectivity index (χ1v) is 14.9. The fraction of sp³-hybridized carbons (Fsp3) is 0.484. The molecular formula is C31H42N6O7. The number of aliphatic hydroxyl groups excluding tert-OH is 2. The van der Waals surface area contributed by atoms with Gasteiger partial charge in [0.1, 0.15) is 35.9 Å². The van der Waals surface area contributed by atoms with E-state index in [0.29, 0.717) is 37.8 Å². The lowest BCUT2D eigenvalue weighted by Crippen LogP contribution is -2.61. The van der Waals surface area contributed by atoms with E-state index in [9.17, 15) is 34.8 Å². The molecule has 6 atom stereocenters. The average molecular weight is 611 g/mol. The smallest absolute Gasteiger partial charge is 0.249 e. The van der Waals surface area contributed by atoms with Crippen LogP contribution in [-0.2, 0) is 27.2 Å². The number of likely N-dealkylation sites (tertiary alicyclic amines) is 2. The number of phenols is 2. The molecule has 3 amide bonds. The Labute approximate surface area is 256 Å². The molecule has 0 aromatic heterocycles. The first-order chi connectivity index (χ1) is 20.9. The fourth-order valence-electron chi connectivity index (χ4n) is 5.84. The molecule has 2 heterocycles. The van der Waals surface area contributed by atoms with Gasteiger partial charge in [-0.1, -0.05) is 31.2 Å². The van der Waals surface area contributed by atoms with Crippen molar-refractivity contribution in [2.24, 2.45) is 11.7 Å². The van der Waals surface area contributed by atoms with Gasteiger partial charge in [-0.15, -0.1) is 0 Å². The zero-order valence-corrected chi connectivity index (χ0v) is 24.7. The summed E-state index contributed by atoms with van der Waals surface area (Å²) in [5, 5.41) is 53.7. The highest BCUT2D eigenvalue weighted by Crippen LogP contribution is 2.26. The number of aryl methyl sites for hydroxylation is 1. The third-order valence-corrected chi connectivity index (χ3v) is 8.26. The second-order valence-electron chi connectivity index (χ2n) is 11.7. The number of piperidine rings is 1. The topological polar surface area (TPSA) is 213 Å². The molecule has 0 unspecified atom stereocenters. The Morgan fingerprint density at radius 3 is 2.25 bits per heavy atom. The molecule has 0 aliphatic carbocycles. The predicted molar refractivity (Wildman–Crippen MR) is 161 cm³/mol. The Morgan fingerprint density at radius 1 is 1.02 bits per heavy atom. The Bertz CT molecular complexity index is 1320. The van der Waals surface area contributed by atoms with Gasteiger partial charge in [0, 0.05) is 19.5 Å². The number of guanidine groups is 1. The van der Waals surface area contributed by atoms with Crippen molar-refractivity contribution in [1.29, 1.82) is 5.41 Å². The van der Waals surface area contributed by atoms with E-state index in [2.05, 4.69) is 10.6 Å². The van der Waals surface area contributed by atoms with Gasteiger partial charge in [-0.3, -0.25) is 19.8 Å². The van der Waals surface area contributed by atoms with Gasteiger partial charge in [0.25, 0.3) is 0 Å². The van der Waals surface area contributed by atoms with E-state index in [4.69, 9.17) is 11.1 Å². The molecule has 2 aromatic rings. The Hall–Kier alpha value is -4.36.